The number of amides is 1. The van der Waals surface area contributed by atoms with E-state index in [0.717, 1.165) is 24.3 Å². The number of carbonyl (C=O) groups excluding carboxylic acids is 1. The monoisotopic (exact) mass is 298 g/mol. The maximum absolute atomic E-state index is 12.5. The first-order valence-electron chi connectivity index (χ1n) is 7.74. The Morgan fingerprint density at radius 2 is 1.91 bits per heavy atom. The minimum Gasteiger partial charge on any atom is -0.339 e. The Labute approximate surface area is 130 Å². The molecule has 1 aromatic carbocycles. The van der Waals surface area contributed by atoms with Crippen LogP contribution in [-0.4, -0.2) is 45.8 Å². The summed E-state index contributed by atoms with van der Waals surface area (Å²) in [6.07, 6.45) is 4.12. The lowest BCUT2D eigenvalue weighted by Gasteiger charge is -2.36. The molecule has 1 aromatic heterocycles. The van der Waals surface area contributed by atoms with Crippen molar-refractivity contribution in [3.05, 3.63) is 48.3 Å². The average Bonchev–Trinajstić information content (AvgIpc) is 3.01. The molecule has 0 spiro atoms. The third-order valence-electron chi connectivity index (χ3n) is 3.97. The lowest BCUT2D eigenvalue weighted by Crippen LogP contribution is -2.56. The van der Waals surface area contributed by atoms with Crippen LogP contribution in [0.15, 0.2) is 42.7 Å². The molecule has 2 atom stereocenters. The lowest BCUT2D eigenvalue weighted by atomic mass is 10.1. The molecule has 1 aliphatic heterocycles. The average molecular weight is 298 g/mol. The number of hydrogen-bond donors (Lipinski definition) is 1. The number of aromatic nitrogens is 2. The van der Waals surface area contributed by atoms with Crippen molar-refractivity contribution in [3.63, 3.8) is 0 Å². The fraction of sp³-hybridized carbons (Fsp3) is 0.412. The Balaban J connectivity index is 1.64. The first-order valence-corrected chi connectivity index (χ1v) is 7.74. The topological polar surface area (TPSA) is 50.2 Å². The van der Waals surface area contributed by atoms with E-state index in [0.29, 0.717) is 18.5 Å². The second-order valence-corrected chi connectivity index (χ2v) is 6.06. The molecule has 1 saturated heterocycles. The normalized spacial score (nSPS) is 21.8. The van der Waals surface area contributed by atoms with Gasteiger partial charge in [0.2, 0.25) is 5.91 Å². The van der Waals surface area contributed by atoms with Crippen molar-refractivity contribution in [2.45, 2.75) is 32.4 Å². The van der Waals surface area contributed by atoms with Gasteiger partial charge in [-0.15, -0.1) is 0 Å². The van der Waals surface area contributed by atoms with E-state index in [2.05, 4.69) is 24.3 Å². The smallest absolute Gasteiger partial charge is 0.227 e. The molecule has 1 aliphatic rings. The van der Waals surface area contributed by atoms with E-state index in [9.17, 15) is 4.79 Å². The summed E-state index contributed by atoms with van der Waals surface area (Å²) >= 11 is 0. The standard InChI is InChI=1S/C17H22N4O/c1-13-11-20(12-14(2)19-13)17(22)10-15-4-6-16(7-5-15)21-9-3-8-18-21/h3-9,13-14,19H,10-12H2,1-2H3/t13-,14-/m0/s1. The highest BCUT2D eigenvalue weighted by Gasteiger charge is 2.24. The lowest BCUT2D eigenvalue weighted by molar-refractivity contribution is -0.132. The van der Waals surface area contributed by atoms with E-state index < -0.39 is 0 Å². The van der Waals surface area contributed by atoms with Crippen molar-refractivity contribution in [2.24, 2.45) is 0 Å². The Hall–Kier alpha value is -2.14. The van der Waals surface area contributed by atoms with Crippen LogP contribution in [0.25, 0.3) is 5.69 Å². The Kier molecular flexibility index (Phi) is 4.24. The largest absolute Gasteiger partial charge is 0.339 e. The van der Waals surface area contributed by atoms with Crippen LogP contribution in [0, 0.1) is 0 Å². The van der Waals surface area contributed by atoms with Gasteiger partial charge in [0.25, 0.3) is 0 Å². The highest BCUT2D eigenvalue weighted by molar-refractivity contribution is 5.79. The molecule has 0 bridgehead atoms. The van der Waals surface area contributed by atoms with E-state index >= 15 is 0 Å². The van der Waals surface area contributed by atoms with Crippen LogP contribution in [0.4, 0.5) is 0 Å². The van der Waals surface area contributed by atoms with Gasteiger partial charge < -0.3 is 10.2 Å². The summed E-state index contributed by atoms with van der Waals surface area (Å²) in [7, 11) is 0. The van der Waals surface area contributed by atoms with E-state index in [1.165, 1.54) is 0 Å². The van der Waals surface area contributed by atoms with Crippen molar-refractivity contribution in [1.29, 1.82) is 0 Å². The molecule has 0 unspecified atom stereocenters. The number of piperazine rings is 1. The second-order valence-electron chi connectivity index (χ2n) is 6.06. The third-order valence-corrected chi connectivity index (χ3v) is 3.97. The summed E-state index contributed by atoms with van der Waals surface area (Å²) in [5, 5.41) is 7.65. The molecule has 0 radical (unpaired) electrons. The molecule has 116 valence electrons. The predicted octanol–water partition coefficient (Wildman–Crippen LogP) is 1.62. The van der Waals surface area contributed by atoms with Gasteiger partial charge in [-0.05, 0) is 37.6 Å². The van der Waals surface area contributed by atoms with Crippen LogP contribution >= 0.6 is 0 Å². The molecule has 2 heterocycles. The number of nitrogens with zero attached hydrogens (tertiary/aromatic N) is 3. The highest BCUT2D eigenvalue weighted by Crippen LogP contribution is 2.12. The number of carbonyl (C=O) groups is 1. The summed E-state index contributed by atoms with van der Waals surface area (Å²) < 4.78 is 1.81. The van der Waals surface area contributed by atoms with E-state index in [1.54, 1.807) is 6.20 Å². The van der Waals surface area contributed by atoms with E-state index in [4.69, 9.17) is 0 Å². The van der Waals surface area contributed by atoms with Gasteiger partial charge in [0.1, 0.15) is 0 Å². The molecule has 0 saturated carbocycles. The molecular formula is C17H22N4O. The fourth-order valence-corrected chi connectivity index (χ4v) is 3.00. The zero-order valence-electron chi connectivity index (χ0n) is 13.1. The molecule has 2 aromatic rings. The van der Waals surface area contributed by atoms with Gasteiger partial charge in [-0.25, -0.2) is 4.68 Å². The van der Waals surface area contributed by atoms with Crippen molar-refractivity contribution in [3.8, 4) is 5.69 Å². The minimum atomic E-state index is 0.201. The first-order chi connectivity index (χ1) is 10.6. The SMILES string of the molecule is C[C@H]1CN(C(=O)Cc2ccc(-n3cccn3)cc2)C[C@H](C)N1. The van der Waals surface area contributed by atoms with Gasteiger partial charge in [-0.3, -0.25) is 4.79 Å². The van der Waals surface area contributed by atoms with Crippen LogP contribution in [0.2, 0.25) is 0 Å². The first kappa shape index (κ1) is 14.8. The van der Waals surface area contributed by atoms with Gasteiger partial charge >= 0.3 is 0 Å². The molecule has 5 nitrogen and oxygen atoms in total. The van der Waals surface area contributed by atoms with Crippen LogP contribution < -0.4 is 5.32 Å². The van der Waals surface area contributed by atoms with Crippen molar-refractivity contribution in [2.75, 3.05) is 13.1 Å². The van der Waals surface area contributed by atoms with Gasteiger partial charge in [0.15, 0.2) is 0 Å². The third kappa shape index (κ3) is 3.36. The van der Waals surface area contributed by atoms with Gasteiger partial charge in [-0.1, -0.05) is 12.1 Å². The van der Waals surface area contributed by atoms with E-state index in [1.807, 2.05) is 46.1 Å². The van der Waals surface area contributed by atoms with Crippen LogP contribution in [-0.2, 0) is 11.2 Å². The van der Waals surface area contributed by atoms with Crippen molar-refractivity contribution < 1.29 is 4.79 Å². The summed E-state index contributed by atoms with van der Waals surface area (Å²) in [5.74, 6) is 0.201. The summed E-state index contributed by atoms with van der Waals surface area (Å²) in [4.78, 5) is 14.4. The van der Waals surface area contributed by atoms with Crippen molar-refractivity contribution in [1.82, 2.24) is 20.0 Å². The van der Waals surface area contributed by atoms with Crippen LogP contribution in [0.3, 0.4) is 0 Å². The van der Waals surface area contributed by atoms with Crippen LogP contribution in [0.1, 0.15) is 19.4 Å². The predicted molar refractivity (Wildman–Crippen MR) is 85.9 cm³/mol. The second kappa shape index (κ2) is 6.32. The molecule has 22 heavy (non-hydrogen) atoms. The maximum Gasteiger partial charge on any atom is 0.227 e. The van der Waals surface area contributed by atoms with E-state index in [-0.39, 0.29) is 5.91 Å². The Morgan fingerprint density at radius 1 is 1.23 bits per heavy atom. The molecule has 1 N–H and O–H groups in total. The molecule has 0 aliphatic carbocycles. The van der Waals surface area contributed by atoms with Crippen LogP contribution in [0.5, 0.6) is 0 Å². The summed E-state index contributed by atoms with van der Waals surface area (Å²) in [6, 6.07) is 10.6. The number of rotatable bonds is 3. The van der Waals surface area contributed by atoms with Gasteiger partial charge in [0.05, 0.1) is 12.1 Å². The minimum absolute atomic E-state index is 0.201. The molecule has 3 rings (SSSR count). The molecule has 1 fully saturated rings. The maximum atomic E-state index is 12.5. The fourth-order valence-electron chi connectivity index (χ4n) is 3.00. The highest BCUT2D eigenvalue weighted by atomic mass is 16.2. The zero-order valence-corrected chi connectivity index (χ0v) is 13.1. The molecule has 1 amide bonds. The molecular weight excluding hydrogens is 276 g/mol. The Morgan fingerprint density at radius 3 is 2.50 bits per heavy atom. The van der Waals surface area contributed by atoms with Gasteiger partial charge in [-0.2, -0.15) is 5.10 Å². The number of benzene rings is 1. The zero-order chi connectivity index (χ0) is 15.5. The summed E-state index contributed by atoms with van der Waals surface area (Å²) in [5.41, 5.74) is 2.05. The quantitative estimate of drug-likeness (QED) is 0.937. The van der Waals surface area contributed by atoms with Gasteiger partial charge in [0, 0.05) is 37.6 Å². The Bertz CT molecular complexity index is 611. The van der Waals surface area contributed by atoms with Crippen molar-refractivity contribution >= 4 is 5.91 Å². The number of hydrogen-bond acceptors (Lipinski definition) is 3. The number of nitrogens with one attached hydrogen (secondary N) is 1. The summed E-state index contributed by atoms with van der Waals surface area (Å²) in [6.45, 7) is 5.81. The molecule has 5 heteroatoms.